The van der Waals surface area contributed by atoms with E-state index in [1.165, 1.54) is 19.1 Å². The molecule has 0 radical (unpaired) electrons. The molecule has 2 atom stereocenters. The Morgan fingerprint density at radius 3 is 2.52 bits per heavy atom. The average molecular weight is 374 g/mol. The highest BCUT2D eigenvalue weighted by atomic mass is 16.5. The molecule has 7 nitrogen and oxygen atoms in total. The predicted molar refractivity (Wildman–Crippen MR) is 98.2 cm³/mol. The van der Waals surface area contributed by atoms with Crippen molar-refractivity contribution in [1.29, 1.82) is 0 Å². The number of rotatable bonds is 5. The number of hydrogen-bond acceptors (Lipinski definition) is 5. The van der Waals surface area contributed by atoms with Gasteiger partial charge in [0, 0.05) is 18.4 Å². The van der Waals surface area contributed by atoms with Crippen LogP contribution < -0.4 is 14.4 Å². The highest BCUT2D eigenvalue weighted by molar-refractivity contribution is 5.94. The zero-order valence-electron chi connectivity index (χ0n) is 15.6. The number of likely N-dealkylation sites (N-methyl/N-ethyl adjacent to an activating group) is 1. The molecule has 1 heterocycles. The molecule has 27 heavy (non-hydrogen) atoms. The number of carboxylic acid groups (broad SMARTS) is 1. The third-order valence-corrected chi connectivity index (χ3v) is 5.27. The van der Waals surface area contributed by atoms with Gasteiger partial charge in [0.25, 0.3) is 0 Å². The molecule has 0 amide bonds. The summed E-state index contributed by atoms with van der Waals surface area (Å²) in [4.78, 5) is 13.1. The first-order valence-corrected chi connectivity index (χ1v) is 8.71. The van der Waals surface area contributed by atoms with Gasteiger partial charge in [-0.05, 0) is 29.3 Å². The molecule has 2 aromatic carbocycles. The van der Waals surface area contributed by atoms with E-state index in [2.05, 4.69) is 0 Å². The van der Waals surface area contributed by atoms with Gasteiger partial charge < -0.3 is 29.7 Å². The SMILES string of the molecule is COc1ccc(CC2c3cc(O)c(O)cc3CC[NH+]2C)c(C(=O)O)c1OC. The number of quaternary nitrogens is 1. The van der Waals surface area contributed by atoms with Crippen molar-refractivity contribution in [2.45, 2.75) is 18.9 Å². The van der Waals surface area contributed by atoms with Crippen LogP contribution in [0.15, 0.2) is 24.3 Å². The van der Waals surface area contributed by atoms with Gasteiger partial charge >= 0.3 is 5.97 Å². The van der Waals surface area contributed by atoms with E-state index in [1.807, 2.05) is 7.05 Å². The average Bonchev–Trinajstić information content (AvgIpc) is 2.64. The maximum atomic E-state index is 11.9. The van der Waals surface area contributed by atoms with Crippen molar-refractivity contribution in [2.75, 3.05) is 27.8 Å². The van der Waals surface area contributed by atoms with Gasteiger partial charge in [-0.1, -0.05) is 6.07 Å². The summed E-state index contributed by atoms with van der Waals surface area (Å²) in [5.41, 5.74) is 2.60. The lowest BCUT2D eigenvalue weighted by atomic mass is 9.87. The van der Waals surface area contributed by atoms with Crippen LogP contribution in [0.2, 0.25) is 0 Å². The summed E-state index contributed by atoms with van der Waals surface area (Å²) < 4.78 is 10.5. The summed E-state index contributed by atoms with van der Waals surface area (Å²) in [6.45, 7) is 0.845. The van der Waals surface area contributed by atoms with Gasteiger partial charge in [0.1, 0.15) is 11.6 Å². The number of carbonyl (C=O) groups is 1. The number of benzene rings is 2. The van der Waals surface area contributed by atoms with Crippen LogP contribution in [0.3, 0.4) is 0 Å². The topological polar surface area (TPSA) is 101 Å². The summed E-state index contributed by atoms with van der Waals surface area (Å²) >= 11 is 0. The van der Waals surface area contributed by atoms with Gasteiger partial charge in [0.05, 0.1) is 27.8 Å². The minimum Gasteiger partial charge on any atom is -0.504 e. The minimum atomic E-state index is -1.08. The standard InChI is InChI=1S/C20H23NO6/c1-21-7-6-11-9-15(22)16(23)10-13(11)14(21)8-12-4-5-17(26-2)19(27-3)18(12)20(24)25/h4-5,9-10,14,22-23H,6-8H2,1-3H3,(H,24,25)/p+1. The lowest BCUT2D eigenvalue weighted by Crippen LogP contribution is -3.10. The predicted octanol–water partition coefficient (Wildman–Crippen LogP) is 1.17. The number of ether oxygens (including phenoxy) is 2. The first-order chi connectivity index (χ1) is 12.9. The van der Waals surface area contributed by atoms with Crippen molar-refractivity contribution in [2.24, 2.45) is 0 Å². The Kier molecular flexibility index (Phi) is 5.14. The maximum Gasteiger partial charge on any atom is 0.339 e. The second kappa shape index (κ2) is 7.36. The molecule has 2 aromatic rings. The molecule has 4 N–H and O–H groups in total. The molecule has 3 rings (SSSR count). The van der Waals surface area contributed by atoms with E-state index in [-0.39, 0.29) is 28.9 Å². The van der Waals surface area contributed by atoms with Crippen molar-refractivity contribution in [3.05, 3.63) is 46.5 Å². The number of methoxy groups -OCH3 is 2. The van der Waals surface area contributed by atoms with E-state index in [0.29, 0.717) is 17.7 Å². The number of aromatic carboxylic acids is 1. The quantitative estimate of drug-likeness (QED) is 0.586. The number of carboxylic acids is 1. The summed E-state index contributed by atoms with van der Waals surface area (Å²) in [6.07, 6.45) is 1.23. The second-order valence-electron chi connectivity index (χ2n) is 6.78. The van der Waals surface area contributed by atoms with Crippen LogP contribution in [0.5, 0.6) is 23.0 Å². The van der Waals surface area contributed by atoms with Gasteiger partial charge in [0.2, 0.25) is 0 Å². The van der Waals surface area contributed by atoms with Crippen LogP contribution >= 0.6 is 0 Å². The van der Waals surface area contributed by atoms with Gasteiger partial charge in [-0.3, -0.25) is 0 Å². The maximum absolute atomic E-state index is 11.9. The Balaban J connectivity index is 2.08. The summed E-state index contributed by atoms with van der Waals surface area (Å²) in [5.74, 6) is -0.817. The smallest absolute Gasteiger partial charge is 0.339 e. The van der Waals surface area contributed by atoms with Crippen LogP contribution in [0.1, 0.15) is 33.1 Å². The second-order valence-corrected chi connectivity index (χ2v) is 6.78. The summed E-state index contributed by atoms with van der Waals surface area (Å²) in [5, 5.41) is 29.5. The van der Waals surface area contributed by atoms with E-state index in [1.54, 1.807) is 24.3 Å². The molecule has 144 valence electrons. The van der Waals surface area contributed by atoms with Crippen LogP contribution in [0, 0.1) is 0 Å². The van der Waals surface area contributed by atoms with Gasteiger partial charge in [0.15, 0.2) is 23.0 Å². The molecule has 0 fully saturated rings. The normalized spacial score (nSPS) is 18.6. The zero-order chi connectivity index (χ0) is 19.7. The number of nitrogens with one attached hydrogen (secondary N) is 1. The lowest BCUT2D eigenvalue weighted by Gasteiger charge is -2.32. The van der Waals surface area contributed by atoms with Crippen molar-refractivity contribution in [3.63, 3.8) is 0 Å². The fourth-order valence-corrected chi connectivity index (χ4v) is 3.83. The van der Waals surface area contributed by atoms with Crippen LogP contribution in [0.25, 0.3) is 0 Å². The number of fused-ring (bicyclic) bond motifs is 1. The molecule has 0 aliphatic carbocycles. The number of aromatic hydroxyl groups is 2. The largest absolute Gasteiger partial charge is 0.504 e. The molecule has 0 aromatic heterocycles. The van der Waals surface area contributed by atoms with E-state index in [9.17, 15) is 20.1 Å². The molecule has 0 bridgehead atoms. The number of hydrogen-bond donors (Lipinski definition) is 4. The fourth-order valence-electron chi connectivity index (χ4n) is 3.83. The minimum absolute atomic E-state index is 0.0588. The van der Waals surface area contributed by atoms with Gasteiger partial charge in [-0.25, -0.2) is 4.79 Å². The summed E-state index contributed by atoms with van der Waals surface area (Å²) in [6, 6.07) is 6.56. The highest BCUT2D eigenvalue weighted by Gasteiger charge is 2.32. The highest BCUT2D eigenvalue weighted by Crippen LogP contribution is 2.37. The Bertz CT molecular complexity index is 879. The van der Waals surface area contributed by atoms with Crippen LogP contribution in [-0.4, -0.2) is 49.1 Å². The van der Waals surface area contributed by atoms with E-state index >= 15 is 0 Å². The molecule has 1 aliphatic rings. The first kappa shape index (κ1) is 18.8. The van der Waals surface area contributed by atoms with Crippen LogP contribution in [-0.2, 0) is 12.8 Å². The van der Waals surface area contributed by atoms with Crippen molar-refractivity contribution in [3.8, 4) is 23.0 Å². The number of phenolic OH excluding ortho intramolecular Hbond substituents is 2. The van der Waals surface area contributed by atoms with Crippen molar-refractivity contribution in [1.82, 2.24) is 0 Å². The molecule has 2 unspecified atom stereocenters. The van der Waals surface area contributed by atoms with Gasteiger partial charge in [-0.2, -0.15) is 0 Å². The molecule has 7 heteroatoms. The van der Waals surface area contributed by atoms with Gasteiger partial charge in [-0.15, -0.1) is 0 Å². The van der Waals surface area contributed by atoms with E-state index in [0.717, 1.165) is 24.1 Å². The Morgan fingerprint density at radius 1 is 1.19 bits per heavy atom. The Labute approximate surface area is 157 Å². The molecule has 0 spiro atoms. The number of phenols is 2. The monoisotopic (exact) mass is 374 g/mol. The fraction of sp³-hybridized carbons (Fsp3) is 0.350. The van der Waals surface area contributed by atoms with Crippen molar-refractivity contribution < 1.29 is 34.5 Å². The Morgan fingerprint density at radius 2 is 1.89 bits per heavy atom. The molecule has 1 aliphatic heterocycles. The molecule has 0 saturated carbocycles. The van der Waals surface area contributed by atoms with E-state index < -0.39 is 5.97 Å². The Hall–Kier alpha value is -2.93. The molecule has 0 saturated heterocycles. The van der Waals surface area contributed by atoms with Crippen LogP contribution in [0.4, 0.5) is 0 Å². The summed E-state index contributed by atoms with van der Waals surface area (Å²) in [7, 11) is 4.93. The zero-order valence-corrected chi connectivity index (χ0v) is 15.6. The van der Waals surface area contributed by atoms with E-state index in [4.69, 9.17) is 9.47 Å². The third-order valence-electron chi connectivity index (χ3n) is 5.27. The molecular weight excluding hydrogens is 350 g/mol. The third kappa shape index (κ3) is 3.38. The molecular formula is C20H24NO6+. The first-order valence-electron chi connectivity index (χ1n) is 8.71. The lowest BCUT2D eigenvalue weighted by molar-refractivity contribution is -0.914. The van der Waals surface area contributed by atoms with Crippen molar-refractivity contribution >= 4 is 5.97 Å².